The third-order valence-electron chi connectivity index (χ3n) is 8.07. The fourth-order valence-corrected chi connectivity index (χ4v) is 8.94. The highest BCUT2D eigenvalue weighted by atomic mass is 32.2. The summed E-state index contributed by atoms with van der Waals surface area (Å²) in [6, 6.07) is -1.22. The zero-order valence-corrected chi connectivity index (χ0v) is 23.0. The number of hydrogen-bond acceptors (Lipinski definition) is 5. The largest absolute Gasteiger partial charge is 0.394 e. The molecule has 0 aromatic heterocycles. The maximum Gasteiger partial charge on any atom is 0.247 e. The molecule has 0 aliphatic carbocycles. The summed E-state index contributed by atoms with van der Waals surface area (Å²) in [5.41, 5.74) is -0.415. The lowest BCUT2D eigenvalue weighted by Gasteiger charge is -2.45. The molecule has 2 fully saturated rings. The van der Waals surface area contributed by atoms with Gasteiger partial charge in [0.1, 0.15) is 6.04 Å². The van der Waals surface area contributed by atoms with Crippen LogP contribution in [-0.4, -0.2) is 91.9 Å². The first kappa shape index (κ1) is 26.3. The molecule has 0 bridgehead atoms. The van der Waals surface area contributed by atoms with Gasteiger partial charge >= 0.3 is 0 Å². The van der Waals surface area contributed by atoms with E-state index in [1.54, 1.807) is 28.6 Å². The number of hydrogen-bond donors (Lipinski definition) is 1. The van der Waals surface area contributed by atoms with E-state index in [0.717, 1.165) is 6.42 Å². The molecular weight excluding hydrogens is 462 g/mol. The zero-order valence-electron chi connectivity index (χ0n) is 22.2. The fourth-order valence-electron chi connectivity index (χ4n) is 6.95. The summed E-state index contributed by atoms with van der Waals surface area (Å²) in [7, 11) is 1.77. The van der Waals surface area contributed by atoms with Gasteiger partial charge in [0.15, 0.2) is 0 Å². The molecule has 4 aliphatic rings. The van der Waals surface area contributed by atoms with Gasteiger partial charge in [-0.05, 0) is 32.1 Å². The van der Waals surface area contributed by atoms with Gasteiger partial charge in [-0.15, -0.1) is 11.8 Å². The number of thioether (sulfide) groups is 1. The van der Waals surface area contributed by atoms with E-state index in [4.69, 9.17) is 0 Å². The summed E-state index contributed by atoms with van der Waals surface area (Å²) < 4.78 is -0.836. The molecule has 0 radical (unpaired) electrons. The predicted molar refractivity (Wildman–Crippen MR) is 139 cm³/mol. The third kappa shape index (κ3) is 4.14. The van der Waals surface area contributed by atoms with Gasteiger partial charge in [-0.25, -0.2) is 0 Å². The van der Waals surface area contributed by atoms with Crippen molar-refractivity contribution in [3.05, 3.63) is 24.3 Å². The van der Waals surface area contributed by atoms with Crippen LogP contribution in [0.1, 0.15) is 54.4 Å². The van der Waals surface area contributed by atoms with Crippen molar-refractivity contribution in [1.82, 2.24) is 14.7 Å². The van der Waals surface area contributed by atoms with Gasteiger partial charge in [-0.3, -0.25) is 14.4 Å². The molecule has 3 amide bonds. The molecule has 2 saturated heterocycles. The lowest BCUT2D eigenvalue weighted by Crippen LogP contribution is -2.60. The summed E-state index contributed by atoms with van der Waals surface area (Å²) in [6.07, 6.45) is 9.47. The van der Waals surface area contributed by atoms with E-state index < -0.39 is 34.2 Å². The molecule has 4 rings (SSSR count). The van der Waals surface area contributed by atoms with E-state index in [9.17, 15) is 19.5 Å². The molecular formula is C27H41N3O4S. The Morgan fingerprint density at radius 2 is 1.77 bits per heavy atom. The zero-order chi connectivity index (χ0) is 25.9. The van der Waals surface area contributed by atoms with Crippen molar-refractivity contribution in [2.45, 2.75) is 82.0 Å². The average Bonchev–Trinajstić information content (AvgIpc) is 3.07. The van der Waals surface area contributed by atoms with Crippen LogP contribution in [0, 0.1) is 17.3 Å². The molecule has 194 valence electrons. The first-order valence-electron chi connectivity index (χ1n) is 12.8. The summed E-state index contributed by atoms with van der Waals surface area (Å²) >= 11 is 1.59. The monoisotopic (exact) mass is 503 g/mol. The second-order valence-electron chi connectivity index (χ2n) is 12.4. The number of aliphatic hydroxyl groups excluding tert-OH is 1. The van der Waals surface area contributed by atoms with Crippen molar-refractivity contribution in [2.24, 2.45) is 17.3 Å². The Morgan fingerprint density at radius 1 is 1.09 bits per heavy atom. The van der Waals surface area contributed by atoms with Gasteiger partial charge in [0, 0.05) is 30.9 Å². The van der Waals surface area contributed by atoms with Crippen LogP contribution in [0.2, 0.25) is 0 Å². The smallest absolute Gasteiger partial charge is 0.247 e. The van der Waals surface area contributed by atoms with E-state index in [2.05, 4.69) is 40.7 Å². The summed E-state index contributed by atoms with van der Waals surface area (Å²) in [5.74, 6) is -1.46. The van der Waals surface area contributed by atoms with Crippen molar-refractivity contribution in [3.8, 4) is 0 Å². The molecule has 7 nitrogen and oxygen atoms in total. The molecule has 6 atom stereocenters. The molecule has 4 aliphatic heterocycles. The van der Waals surface area contributed by atoms with Crippen LogP contribution < -0.4 is 0 Å². The number of fused-ring (bicyclic) bond motifs is 2. The number of amides is 3. The number of carbonyl (C=O) groups excluding carboxylic acids is 3. The van der Waals surface area contributed by atoms with Crippen molar-refractivity contribution in [2.75, 3.05) is 26.7 Å². The lowest BCUT2D eigenvalue weighted by molar-refractivity contribution is -0.149. The van der Waals surface area contributed by atoms with Crippen LogP contribution in [0.3, 0.4) is 0 Å². The third-order valence-corrected chi connectivity index (χ3v) is 9.81. The number of likely N-dealkylation sites (tertiary alicyclic amines) is 1. The second kappa shape index (κ2) is 8.94. The molecule has 1 spiro atoms. The van der Waals surface area contributed by atoms with Crippen LogP contribution in [0.4, 0.5) is 0 Å². The number of rotatable bonds is 5. The van der Waals surface area contributed by atoms with E-state index in [1.165, 1.54) is 0 Å². The molecule has 1 unspecified atom stereocenters. The van der Waals surface area contributed by atoms with Gasteiger partial charge in [0.25, 0.3) is 0 Å². The van der Waals surface area contributed by atoms with Crippen LogP contribution in [-0.2, 0) is 14.4 Å². The summed E-state index contributed by atoms with van der Waals surface area (Å²) in [4.78, 5) is 47.4. The Labute approximate surface area is 214 Å². The van der Waals surface area contributed by atoms with E-state index in [0.29, 0.717) is 19.5 Å². The highest BCUT2D eigenvalue weighted by Crippen LogP contribution is 2.61. The lowest BCUT2D eigenvalue weighted by atomic mass is 9.77. The SMILES string of the molecule is CC[C@@H](CO)N1C(=O)[C@@H]2[C@@H]3C(=O)N(C)CC=C[C@@H]3S[C@@]23C=CCN(C(C)(C)CC(C)(C)C)C(=O)C13. The van der Waals surface area contributed by atoms with Crippen molar-refractivity contribution < 1.29 is 19.5 Å². The van der Waals surface area contributed by atoms with Gasteiger partial charge in [-0.1, -0.05) is 52.0 Å². The maximum atomic E-state index is 14.5. The summed E-state index contributed by atoms with van der Waals surface area (Å²) in [6.45, 7) is 13.4. The Morgan fingerprint density at radius 3 is 2.37 bits per heavy atom. The van der Waals surface area contributed by atoms with Gasteiger partial charge in [-0.2, -0.15) is 0 Å². The van der Waals surface area contributed by atoms with Crippen molar-refractivity contribution in [1.29, 1.82) is 0 Å². The topological polar surface area (TPSA) is 81.2 Å². The molecule has 0 aromatic carbocycles. The number of nitrogens with zero attached hydrogens (tertiary/aromatic N) is 3. The number of carbonyl (C=O) groups is 3. The van der Waals surface area contributed by atoms with Crippen molar-refractivity contribution in [3.63, 3.8) is 0 Å². The van der Waals surface area contributed by atoms with Crippen LogP contribution >= 0.6 is 11.8 Å². The van der Waals surface area contributed by atoms with Gasteiger partial charge in [0.2, 0.25) is 17.7 Å². The predicted octanol–water partition coefficient (Wildman–Crippen LogP) is 2.70. The Kier molecular flexibility index (Phi) is 6.71. The standard InChI is InChI=1S/C27H41N3O4S/c1-8-17(15-31)30-21-24(34)29(26(5,6)16-25(2,3)4)14-10-12-27(21)20(23(30)33)19-18(35-27)11-9-13-28(7)22(19)32/h9-12,17-21,31H,8,13-16H2,1-7H3/t17-,18-,19+,20-,21?,27-/m0/s1. The molecule has 1 N–H and O–H groups in total. The quantitative estimate of drug-likeness (QED) is 0.584. The Hall–Kier alpha value is -1.80. The van der Waals surface area contributed by atoms with Gasteiger partial charge in [0.05, 0.1) is 29.2 Å². The van der Waals surface area contributed by atoms with Crippen LogP contribution in [0.25, 0.3) is 0 Å². The van der Waals surface area contributed by atoms with Crippen LogP contribution in [0.15, 0.2) is 24.3 Å². The molecule has 35 heavy (non-hydrogen) atoms. The maximum absolute atomic E-state index is 14.5. The molecule has 0 aromatic rings. The Bertz CT molecular complexity index is 951. The average molecular weight is 504 g/mol. The van der Waals surface area contributed by atoms with E-state index in [1.807, 2.05) is 30.1 Å². The Balaban J connectivity index is 1.85. The van der Waals surface area contributed by atoms with E-state index >= 15 is 0 Å². The van der Waals surface area contributed by atoms with E-state index in [-0.39, 0.29) is 35.0 Å². The molecule has 0 saturated carbocycles. The second-order valence-corrected chi connectivity index (χ2v) is 13.9. The van der Waals surface area contributed by atoms with Gasteiger partial charge < -0.3 is 19.8 Å². The number of likely N-dealkylation sites (N-methyl/N-ethyl adjacent to an activating group) is 1. The molecule has 4 heterocycles. The minimum absolute atomic E-state index is 0.0132. The highest BCUT2D eigenvalue weighted by Gasteiger charge is 2.71. The minimum Gasteiger partial charge on any atom is -0.394 e. The van der Waals surface area contributed by atoms with Crippen LogP contribution in [0.5, 0.6) is 0 Å². The molecule has 8 heteroatoms. The summed E-state index contributed by atoms with van der Waals surface area (Å²) in [5, 5.41) is 10.1. The fraction of sp³-hybridized carbons (Fsp3) is 0.741. The first-order valence-corrected chi connectivity index (χ1v) is 13.7. The highest BCUT2D eigenvalue weighted by molar-refractivity contribution is 8.02. The first-order chi connectivity index (χ1) is 16.3. The minimum atomic E-state index is -0.836. The van der Waals surface area contributed by atoms with Crippen molar-refractivity contribution >= 4 is 29.5 Å². The normalized spacial score (nSPS) is 34.1. The number of aliphatic hydroxyl groups is 1.